The largest absolute Gasteiger partial charge is 0.478 e. The summed E-state index contributed by atoms with van der Waals surface area (Å²) in [6, 6.07) is 7.71. The molecule has 2 rings (SSSR count). The first-order chi connectivity index (χ1) is 7.70. The van der Waals surface area contributed by atoms with Crippen molar-refractivity contribution >= 4 is 5.97 Å². The van der Waals surface area contributed by atoms with E-state index in [4.69, 9.17) is 9.47 Å². The first kappa shape index (κ1) is 11.0. The van der Waals surface area contributed by atoms with Crippen molar-refractivity contribution in [2.24, 2.45) is 5.92 Å². The molecule has 86 valence electrons. The Morgan fingerprint density at radius 2 is 2.19 bits per heavy atom. The number of carbonyl (C=O) groups excluding carboxylic acids is 1. The van der Waals surface area contributed by atoms with Crippen molar-refractivity contribution in [3.8, 4) is 5.75 Å². The summed E-state index contributed by atoms with van der Waals surface area (Å²) >= 11 is 0. The highest BCUT2D eigenvalue weighted by molar-refractivity contribution is 5.75. The normalized spacial score (nSPS) is 16.6. The van der Waals surface area contributed by atoms with Gasteiger partial charge in [0, 0.05) is 5.92 Å². The molecule has 1 aliphatic rings. The lowest BCUT2D eigenvalue weighted by Gasteiger charge is -2.16. The van der Waals surface area contributed by atoms with Crippen LogP contribution in [0.4, 0.5) is 0 Å². The van der Waals surface area contributed by atoms with Gasteiger partial charge in [0.15, 0.2) is 6.10 Å². The van der Waals surface area contributed by atoms with Gasteiger partial charge in [0.05, 0.1) is 7.11 Å². The molecule has 0 bridgehead atoms. The van der Waals surface area contributed by atoms with E-state index in [-0.39, 0.29) is 5.97 Å². The average molecular weight is 220 g/mol. The van der Waals surface area contributed by atoms with E-state index in [0.29, 0.717) is 5.92 Å². The lowest BCUT2D eigenvalue weighted by Crippen LogP contribution is -2.30. The Hall–Kier alpha value is -1.51. The Balaban J connectivity index is 2.08. The van der Waals surface area contributed by atoms with Crippen molar-refractivity contribution < 1.29 is 14.3 Å². The van der Waals surface area contributed by atoms with E-state index in [1.165, 1.54) is 7.11 Å². The van der Waals surface area contributed by atoms with E-state index in [9.17, 15) is 4.79 Å². The second-order valence-corrected chi connectivity index (χ2v) is 4.22. The van der Waals surface area contributed by atoms with Gasteiger partial charge in [0.25, 0.3) is 0 Å². The number of benzene rings is 1. The van der Waals surface area contributed by atoms with Gasteiger partial charge in [-0.2, -0.15) is 0 Å². The van der Waals surface area contributed by atoms with E-state index < -0.39 is 6.10 Å². The quantitative estimate of drug-likeness (QED) is 0.730. The van der Waals surface area contributed by atoms with Crippen LogP contribution in [0.25, 0.3) is 0 Å². The topological polar surface area (TPSA) is 35.5 Å². The fourth-order valence-electron chi connectivity index (χ4n) is 1.69. The molecular formula is C13H16O3. The number of methoxy groups -OCH3 is 1. The summed E-state index contributed by atoms with van der Waals surface area (Å²) in [5.41, 5.74) is 1.12. The number of esters is 1. The summed E-state index contributed by atoms with van der Waals surface area (Å²) < 4.78 is 10.4. The van der Waals surface area contributed by atoms with Crippen molar-refractivity contribution in [1.29, 1.82) is 0 Å². The predicted molar refractivity (Wildman–Crippen MR) is 60.3 cm³/mol. The van der Waals surface area contributed by atoms with Crippen molar-refractivity contribution in [2.75, 3.05) is 7.11 Å². The monoisotopic (exact) mass is 220 g/mol. The first-order valence-corrected chi connectivity index (χ1v) is 5.52. The molecule has 3 nitrogen and oxygen atoms in total. The summed E-state index contributed by atoms with van der Waals surface area (Å²) in [6.07, 6.45) is 1.66. The molecule has 0 amide bonds. The van der Waals surface area contributed by atoms with Crippen molar-refractivity contribution in [3.63, 3.8) is 0 Å². The summed E-state index contributed by atoms with van der Waals surface area (Å²) in [7, 11) is 1.40. The molecule has 1 aromatic carbocycles. The second kappa shape index (κ2) is 4.56. The molecule has 0 spiro atoms. The summed E-state index contributed by atoms with van der Waals surface area (Å²) in [5.74, 6) is 0.791. The Morgan fingerprint density at radius 3 is 2.75 bits per heavy atom. The highest BCUT2D eigenvalue weighted by Gasteiger charge is 2.38. The van der Waals surface area contributed by atoms with E-state index in [2.05, 4.69) is 0 Å². The van der Waals surface area contributed by atoms with Gasteiger partial charge in [-0.15, -0.1) is 0 Å². The molecular weight excluding hydrogens is 204 g/mol. The number of carbonyl (C=O) groups is 1. The zero-order chi connectivity index (χ0) is 11.5. The Morgan fingerprint density at radius 1 is 1.44 bits per heavy atom. The van der Waals surface area contributed by atoms with Crippen LogP contribution in [0.15, 0.2) is 24.3 Å². The molecule has 16 heavy (non-hydrogen) atoms. The molecule has 0 aliphatic heterocycles. The van der Waals surface area contributed by atoms with E-state index in [0.717, 1.165) is 24.2 Å². The fourth-order valence-corrected chi connectivity index (χ4v) is 1.69. The van der Waals surface area contributed by atoms with Gasteiger partial charge in [-0.3, -0.25) is 0 Å². The van der Waals surface area contributed by atoms with Crippen LogP contribution in [0.1, 0.15) is 18.4 Å². The third kappa shape index (κ3) is 2.54. The van der Waals surface area contributed by atoms with Crippen LogP contribution in [-0.4, -0.2) is 19.2 Å². The highest BCUT2D eigenvalue weighted by Crippen LogP contribution is 2.35. The maximum atomic E-state index is 11.5. The number of rotatable bonds is 4. The Bertz CT molecular complexity index is 383. The third-order valence-corrected chi connectivity index (χ3v) is 2.74. The summed E-state index contributed by atoms with van der Waals surface area (Å²) in [4.78, 5) is 11.5. The molecule has 0 aromatic heterocycles. The van der Waals surface area contributed by atoms with Gasteiger partial charge < -0.3 is 9.47 Å². The maximum Gasteiger partial charge on any atom is 0.347 e. The molecule has 3 heteroatoms. The zero-order valence-electron chi connectivity index (χ0n) is 9.60. The minimum atomic E-state index is -0.438. The van der Waals surface area contributed by atoms with Gasteiger partial charge >= 0.3 is 5.97 Å². The van der Waals surface area contributed by atoms with Gasteiger partial charge in [-0.25, -0.2) is 4.79 Å². The molecule has 1 unspecified atom stereocenters. The molecule has 0 N–H and O–H groups in total. The lowest BCUT2D eigenvalue weighted by molar-refractivity contribution is -0.149. The van der Waals surface area contributed by atoms with Crippen LogP contribution in [0, 0.1) is 12.8 Å². The van der Waals surface area contributed by atoms with Crippen LogP contribution in [0.2, 0.25) is 0 Å². The summed E-state index contributed by atoms with van der Waals surface area (Å²) in [5, 5.41) is 0. The van der Waals surface area contributed by atoms with E-state index in [1.807, 2.05) is 31.2 Å². The third-order valence-electron chi connectivity index (χ3n) is 2.74. The highest BCUT2D eigenvalue weighted by atomic mass is 16.6. The van der Waals surface area contributed by atoms with E-state index >= 15 is 0 Å². The molecule has 1 saturated carbocycles. The standard InChI is InChI=1S/C13H16O3/c1-9-4-3-5-11(8-9)16-12(10-6-7-10)13(14)15-2/h3-5,8,10,12H,6-7H2,1-2H3. The number of hydrogen-bond acceptors (Lipinski definition) is 3. The molecule has 1 fully saturated rings. The lowest BCUT2D eigenvalue weighted by atomic mass is 10.2. The number of aryl methyl sites for hydroxylation is 1. The SMILES string of the molecule is COC(=O)C(Oc1cccc(C)c1)C1CC1. The fraction of sp³-hybridized carbons (Fsp3) is 0.462. The van der Waals surface area contributed by atoms with Crippen LogP contribution >= 0.6 is 0 Å². The molecule has 1 atom stereocenters. The van der Waals surface area contributed by atoms with Crippen molar-refractivity contribution in [1.82, 2.24) is 0 Å². The van der Waals surface area contributed by atoms with Gasteiger partial charge in [-0.1, -0.05) is 12.1 Å². The molecule has 1 aromatic rings. The minimum Gasteiger partial charge on any atom is -0.478 e. The smallest absolute Gasteiger partial charge is 0.347 e. The van der Waals surface area contributed by atoms with Crippen LogP contribution in [-0.2, 0) is 9.53 Å². The Labute approximate surface area is 95.4 Å². The molecule has 0 radical (unpaired) electrons. The molecule has 0 heterocycles. The number of ether oxygens (including phenoxy) is 2. The van der Waals surface area contributed by atoms with Crippen LogP contribution in [0.3, 0.4) is 0 Å². The second-order valence-electron chi connectivity index (χ2n) is 4.22. The molecule has 0 saturated heterocycles. The van der Waals surface area contributed by atoms with Gasteiger partial charge in [-0.05, 0) is 37.5 Å². The molecule has 1 aliphatic carbocycles. The van der Waals surface area contributed by atoms with Crippen molar-refractivity contribution in [3.05, 3.63) is 29.8 Å². The number of hydrogen-bond donors (Lipinski definition) is 0. The Kier molecular flexibility index (Phi) is 3.13. The van der Waals surface area contributed by atoms with Crippen LogP contribution in [0.5, 0.6) is 5.75 Å². The zero-order valence-corrected chi connectivity index (χ0v) is 9.60. The van der Waals surface area contributed by atoms with Crippen LogP contribution < -0.4 is 4.74 Å². The van der Waals surface area contributed by atoms with Gasteiger partial charge in [0.1, 0.15) is 5.75 Å². The van der Waals surface area contributed by atoms with Crippen molar-refractivity contribution in [2.45, 2.75) is 25.9 Å². The maximum absolute atomic E-state index is 11.5. The predicted octanol–water partition coefficient (Wildman–Crippen LogP) is 2.33. The first-order valence-electron chi connectivity index (χ1n) is 5.52. The minimum absolute atomic E-state index is 0.274. The summed E-state index contributed by atoms with van der Waals surface area (Å²) in [6.45, 7) is 2.00. The van der Waals surface area contributed by atoms with E-state index in [1.54, 1.807) is 0 Å². The van der Waals surface area contributed by atoms with Gasteiger partial charge in [0.2, 0.25) is 0 Å². The average Bonchev–Trinajstić information content (AvgIpc) is 3.09.